The molecule has 0 aliphatic carbocycles. The van der Waals surface area contributed by atoms with Crippen molar-refractivity contribution in [2.75, 3.05) is 35.0 Å². The number of carbonyl (C=O) groups excluding carboxylic acids is 2. The zero-order chi connectivity index (χ0) is 18.0. The third kappa shape index (κ3) is 3.79. The summed E-state index contributed by atoms with van der Waals surface area (Å²) in [6, 6.07) is 15.6. The molecule has 0 saturated carbocycles. The van der Waals surface area contributed by atoms with Crippen LogP contribution in [-0.4, -0.2) is 31.7 Å². The van der Waals surface area contributed by atoms with Crippen molar-refractivity contribution in [3.63, 3.8) is 0 Å². The van der Waals surface area contributed by atoms with Gasteiger partial charge in [-0.3, -0.25) is 14.5 Å². The second-order valence-corrected chi connectivity index (χ2v) is 7.21. The molecule has 2 amide bonds. The first kappa shape index (κ1) is 17.4. The monoisotopic (exact) mass is 355 g/mol. The van der Waals surface area contributed by atoms with E-state index in [0.29, 0.717) is 5.75 Å². The summed E-state index contributed by atoms with van der Waals surface area (Å²) in [5, 5.41) is 2.71. The van der Waals surface area contributed by atoms with Gasteiger partial charge in [0.05, 0.1) is 5.75 Å². The second kappa shape index (κ2) is 7.19. The lowest BCUT2D eigenvalue weighted by molar-refractivity contribution is -0.116. The third-order valence-electron chi connectivity index (χ3n) is 4.00. The Morgan fingerprint density at radius 2 is 1.92 bits per heavy atom. The molecular formula is C19H21N3O2S. The Morgan fingerprint density at radius 3 is 2.56 bits per heavy atom. The predicted molar refractivity (Wildman–Crippen MR) is 104 cm³/mol. The minimum atomic E-state index is -0.108. The van der Waals surface area contributed by atoms with E-state index in [1.807, 2.05) is 72.4 Å². The van der Waals surface area contributed by atoms with E-state index in [1.165, 1.54) is 6.92 Å². The number of rotatable bonds is 4. The van der Waals surface area contributed by atoms with Crippen LogP contribution in [0.15, 0.2) is 48.5 Å². The molecule has 2 aromatic carbocycles. The molecule has 25 heavy (non-hydrogen) atoms. The maximum atomic E-state index is 12.5. The molecule has 130 valence electrons. The fourth-order valence-electron chi connectivity index (χ4n) is 2.83. The van der Waals surface area contributed by atoms with Gasteiger partial charge in [0, 0.05) is 38.1 Å². The lowest BCUT2D eigenvalue weighted by atomic mass is 10.1. The van der Waals surface area contributed by atoms with Crippen LogP contribution in [0.3, 0.4) is 0 Å². The van der Waals surface area contributed by atoms with Crippen LogP contribution in [-0.2, 0) is 9.59 Å². The lowest BCUT2D eigenvalue weighted by Gasteiger charge is -2.25. The van der Waals surface area contributed by atoms with E-state index in [-0.39, 0.29) is 17.2 Å². The molecule has 0 bridgehead atoms. The SMILES string of the molecule is CC(=O)Nc1cccc([C@H]2SCC(=O)N2c2ccc(N(C)C)cc2)c1. The minimum Gasteiger partial charge on any atom is -0.378 e. The molecule has 1 atom stereocenters. The first-order valence-electron chi connectivity index (χ1n) is 8.04. The molecule has 6 heteroatoms. The average Bonchev–Trinajstić information content (AvgIpc) is 2.96. The Morgan fingerprint density at radius 1 is 1.20 bits per heavy atom. The predicted octanol–water partition coefficient (Wildman–Crippen LogP) is 3.49. The Hall–Kier alpha value is -2.47. The van der Waals surface area contributed by atoms with Gasteiger partial charge in [0.1, 0.15) is 5.37 Å². The molecule has 1 fully saturated rings. The fourth-order valence-corrected chi connectivity index (χ4v) is 4.00. The molecule has 0 aromatic heterocycles. The normalized spacial score (nSPS) is 16.8. The van der Waals surface area contributed by atoms with E-state index >= 15 is 0 Å². The smallest absolute Gasteiger partial charge is 0.238 e. The minimum absolute atomic E-state index is 0.0913. The van der Waals surface area contributed by atoms with Gasteiger partial charge in [0.2, 0.25) is 11.8 Å². The quantitative estimate of drug-likeness (QED) is 0.912. The number of thioether (sulfide) groups is 1. The van der Waals surface area contributed by atoms with Gasteiger partial charge in [-0.1, -0.05) is 12.1 Å². The van der Waals surface area contributed by atoms with Crippen molar-refractivity contribution < 1.29 is 9.59 Å². The Labute approximate surface area is 152 Å². The number of nitrogens with zero attached hydrogens (tertiary/aromatic N) is 2. The molecule has 1 aliphatic heterocycles. The molecule has 1 heterocycles. The van der Waals surface area contributed by atoms with Crippen molar-refractivity contribution in [2.45, 2.75) is 12.3 Å². The van der Waals surface area contributed by atoms with Crippen LogP contribution in [0.1, 0.15) is 17.9 Å². The van der Waals surface area contributed by atoms with Gasteiger partial charge in [-0.15, -0.1) is 11.8 Å². The number of carbonyl (C=O) groups is 2. The van der Waals surface area contributed by atoms with Crippen molar-refractivity contribution in [3.05, 3.63) is 54.1 Å². The highest BCUT2D eigenvalue weighted by molar-refractivity contribution is 8.00. The number of anilines is 3. The summed E-state index contributed by atoms with van der Waals surface area (Å²) in [7, 11) is 3.98. The first-order valence-corrected chi connectivity index (χ1v) is 9.09. The van der Waals surface area contributed by atoms with Crippen molar-refractivity contribution in [1.82, 2.24) is 0 Å². The lowest BCUT2D eigenvalue weighted by Crippen LogP contribution is -2.27. The van der Waals surface area contributed by atoms with E-state index in [9.17, 15) is 9.59 Å². The van der Waals surface area contributed by atoms with Crippen molar-refractivity contribution in [2.24, 2.45) is 0 Å². The number of amides is 2. The molecule has 1 aliphatic rings. The summed E-state index contributed by atoms with van der Waals surface area (Å²) in [6.07, 6.45) is 0. The van der Waals surface area contributed by atoms with Crippen LogP contribution in [0.5, 0.6) is 0 Å². The number of nitrogens with one attached hydrogen (secondary N) is 1. The van der Waals surface area contributed by atoms with Gasteiger partial charge in [-0.05, 0) is 42.0 Å². The summed E-state index contributed by atoms with van der Waals surface area (Å²) in [5.41, 5.74) is 3.72. The summed E-state index contributed by atoms with van der Waals surface area (Å²) in [5.74, 6) is 0.436. The molecule has 5 nitrogen and oxygen atoms in total. The van der Waals surface area contributed by atoms with Gasteiger partial charge in [-0.25, -0.2) is 0 Å². The molecule has 2 aromatic rings. The van der Waals surface area contributed by atoms with Crippen LogP contribution in [0, 0.1) is 0 Å². The van der Waals surface area contributed by atoms with Crippen LogP contribution < -0.4 is 15.1 Å². The molecule has 0 spiro atoms. The fraction of sp³-hybridized carbons (Fsp3) is 0.263. The number of hydrogen-bond donors (Lipinski definition) is 1. The highest BCUT2D eigenvalue weighted by Gasteiger charge is 2.34. The highest BCUT2D eigenvalue weighted by Crippen LogP contribution is 2.42. The van der Waals surface area contributed by atoms with E-state index in [0.717, 1.165) is 22.6 Å². The van der Waals surface area contributed by atoms with Crippen LogP contribution in [0.2, 0.25) is 0 Å². The molecule has 3 rings (SSSR count). The van der Waals surface area contributed by atoms with Crippen LogP contribution >= 0.6 is 11.8 Å². The Balaban J connectivity index is 1.90. The molecule has 1 N–H and O–H groups in total. The average molecular weight is 355 g/mol. The highest BCUT2D eigenvalue weighted by atomic mass is 32.2. The van der Waals surface area contributed by atoms with Crippen LogP contribution in [0.4, 0.5) is 17.1 Å². The van der Waals surface area contributed by atoms with Gasteiger partial charge < -0.3 is 10.2 Å². The van der Waals surface area contributed by atoms with E-state index in [2.05, 4.69) is 5.32 Å². The third-order valence-corrected chi connectivity index (χ3v) is 5.22. The summed E-state index contributed by atoms with van der Waals surface area (Å²) < 4.78 is 0. The molecule has 0 unspecified atom stereocenters. The Bertz CT molecular complexity index is 790. The van der Waals surface area contributed by atoms with Crippen molar-refractivity contribution >= 4 is 40.6 Å². The summed E-state index contributed by atoms with van der Waals surface area (Å²) in [6.45, 7) is 1.49. The zero-order valence-electron chi connectivity index (χ0n) is 14.5. The van der Waals surface area contributed by atoms with Gasteiger partial charge in [0.25, 0.3) is 0 Å². The second-order valence-electron chi connectivity index (χ2n) is 6.14. The zero-order valence-corrected chi connectivity index (χ0v) is 15.3. The van der Waals surface area contributed by atoms with E-state index < -0.39 is 0 Å². The topological polar surface area (TPSA) is 52.7 Å². The van der Waals surface area contributed by atoms with Gasteiger partial charge >= 0.3 is 0 Å². The number of hydrogen-bond acceptors (Lipinski definition) is 4. The molecular weight excluding hydrogens is 334 g/mol. The summed E-state index contributed by atoms with van der Waals surface area (Å²) >= 11 is 1.60. The standard InChI is InChI=1S/C19H21N3O2S/c1-13(23)20-15-6-4-5-14(11-15)19-22(18(24)12-25-19)17-9-7-16(8-10-17)21(2)3/h4-11,19H,12H2,1-3H3,(H,20,23)/t19-/m1/s1. The van der Waals surface area contributed by atoms with Crippen LogP contribution in [0.25, 0.3) is 0 Å². The van der Waals surface area contributed by atoms with Crippen molar-refractivity contribution in [1.29, 1.82) is 0 Å². The summed E-state index contributed by atoms with van der Waals surface area (Å²) in [4.78, 5) is 27.6. The molecule has 1 saturated heterocycles. The van der Waals surface area contributed by atoms with E-state index in [1.54, 1.807) is 11.8 Å². The van der Waals surface area contributed by atoms with Crippen molar-refractivity contribution in [3.8, 4) is 0 Å². The number of benzene rings is 2. The van der Waals surface area contributed by atoms with Gasteiger partial charge in [0.15, 0.2) is 0 Å². The first-order chi connectivity index (χ1) is 12.0. The largest absolute Gasteiger partial charge is 0.378 e. The van der Waals surface area contributed by atoms with E-state index in [4.69, 9.17) is 0 Å². The Kier molecular flexibility index (Phi) is 4.99. The molecule has 0 radical (unpaired) electrons. The maximum Gasteiger partial charge on any atom is 0.238 e. The van der Waals surface area contributed by atoms with Gasteiger partial charge in [-0.2, -0.15) is 0 Å². The maximum absolute atomic E-state index is 12.5.